The van der Waals surface area contributed by atoms with E-state index in [9.17, 15) is 4.57 Å². The van der Waals surface area contributed by atoms with Gasteiger partial charge in [0.05, 0.1) is 24.7 Å². The Morgan fingerprint density at radius 3 is 2.41 bits per heavy atom. The second-order valence-corrected chi connectivity index (χ2v) is 7.85. The topological polar surface area (TPSA) is 122 Å². The summed E-state index contributed by atoms with van der Waals surface area (Å²) in [4.78, 5) is 17.0. The number of hydrogen-bond acceptors (Lipinski definition) is 9. The molecule has 0 aliphatic rings. The van der Waals surface area contributed by atoms with Gasteiger partial charge in [-0.2, -0.15) is 9.97 Å². The number of nitrogens with two attached hydrogens (primary N) is 1. The smallest absolute Gasteiger partial charge is 0.334 e. The maximum absolute atomic E-state index is 12.2. The van der Waals surface area contributed by atoms with Crippen molar-refractivity contribution in [2.45, 2.75) is 13.1 Å². The first kappa shape index (κ1) is 19.2. The number of hydrogen-bond donors (Lipinski definition) is 1. The standard InChI is InChI=1S/C17H20N5O4P/c1-4-26-16-14-15(21-17(18)22-16)19-9-13(20-14)12-7-5-11(6-8-12)10-27(23,24-2)25-3/h5-9H,4,10H2,1-3H3,(H2,18,19,21,22). The SMILES string of the molecule is CCOc1nc(N)nc2ncc(-c3ccc(CP(=O)(OC)OC)cc3)nc12. The molecule has 27 heavy (non-hydrogen) atoms. The summed E-state index contributed by atoms with van der Waals surface area (Å²) in [5.41, 5.74) is 8.77. The van der Waals surface area contributed by atoms with Gasteiger partial charge in [-0.3, -0.25) is 4.57 Å². The second kappa shape index (κ2) is 7.96. The summed E-state index contributed by atoms with van der Waals surface area (Å²) in [7, 11) is -0.376. The van der Waals surface area contributed by atoms with Crippen molar-refractivity contribution >= 4 is 24.7 Å². The Balaban J connectivity index is 1.94. The zero-order chi connectivity index (χ0) is 19.4. The fourth-order valence-electron chi connectivity index (χ4n) is 2.48. The summed E-state index contributed by atoms with van der Waals surface area (Å²) in [6.45, 7) is 2.27. The molecule has 0 amide bonds. The highest BCUT2D eigenvalue weighted by molar-refractivity contribution is 7.52. The van der Waals surface area contributed by atoms with Crippen LogP contribution in [0.3, 0.4) is 0 Å². The summed E-state index contributed by atoms with van der Waals surface area (Å²) in [6.07, 6.45) is 1.79. The van der Waals surface area contributed by atoms with E-state index in [4.69, 9.17) is 19.5 Å². The zero-order valence-corrected chi connectivity index (χ0v) is 16.1. The molecule has 0 bridgehead atoms. The van der Waals surface area contributed by atoms with Crippen LogP contribution in [-0.2, 0) is 19.8 Å². The van der Waals surface area contributed by atoms with Crippen LogP contribution in [0, 0.1) is 0 Å². The van der Waals surface area contributed by atoms with Gasteiger partial charge in [0.1, 0.15) is 0 Å². The summed E-state index contributed by atoms with van der Waals surface area (Å²) in [5.74, 6) is 0.380. The summed E-state index contributed by atoms with van der Waals surface area (Å²) in [6, 6.07) is 7.41. The molecule has 0 saturated heterocycles. The third-order valence-corrected chi connectivity index (χ3v) is 5.72. The van der Waals surface area contributed by atoms with Crippen molar-refractivity contribution in [1.29, 1.82) is 0 Å². The molecule has 0 unspecified atom stereocenters. The average Bonchev–Trinajstić information content (AvgIpc) is 2.68. The first-order chi connectivity index (χ1) is 13.0. The fourth-order valence-corrected chi connectivity index (χ4v) is 3.55. The first-order valence-corrected chi connectivity index (χ1v) is 9.93. The molecule has 2 N–H and O–H groups in total. The summed E-state index contributed by atoms with van der Waals surface area (Å²) >= 11 is 0. The number of aromatic nitrogens is 4. The van der Waals surface area contributed by atoms with Crippen LogP contribution in [0.2, 0.25) is 0 Å². The van der Waals surface area contributed by atoms with Gasteiger partial charge in [-0.1, -0.05) is 24.3 Å². The van der Waals surface area contributed by atoms with Gasteiger partial charge in [0.25, 0.3) is 0 Å². The molecule has 1 aromatic carbocycles. The Morgan fingerprint density at radius 1 is 1.07 bits per heavy atom. The molecule has 0 saturated carbocycles. The highest BCUT2D eigenvalue weighted by Crippen LogP contribution is 2.49. The van der Waals surface area contributed by atoms with E-state index in [0.29, 0.717) is 29.3 Å². The van der Waals surface area contributed by atoms with Crippen molar-refractivity contribution in [3.05, 3.63) is 36.0 Å². The highest BCUT2D eigenvalue weighted by Gasteiger charge is 2.21. The van der Waals surface area contributed by atoms with Crippen LogP contribution in [0.15, 0.2) is 30.5 Å². The molecule has 0 spiro atoms. The number of nitrogens with zero attached hydrogens (tertiary/aromatic N) is 4. The van der Waals surface area contributed by atoms with Crippen molar-refractivity contribution in [3.8, 4) is 17.1 Å². The predicted molar refractivity (Wildman–Crippen MR) is 101 cm³/mol. The lowest BCUT2D eigenvalue weighted by Gasteiger charge is -2.13. The Hall–Kier alpha value is -2.61. The van der Waals surface area contributed by atoms with E-state index in [1.165, 1.54) is 14.2 Å². The van der Waals surface area contributed by atoms with Crippen molar-refractivity contribution in [1.82, 2.24) is 19.9 Å². The van der Waals surface area contributed by atoms with Crippen LogP contribution < -0.4 is 10.5 Å². The molecular weight excluding hydrogens is 369 g/mol. The zero-order valence-electron chi connectivity index (χ0n) is 15.2. The Bertz CT molecular complexity index is 989. The van der Waals surface area contributed by atoms with Gasteiger partial charge in [0.15, 0.2) is 11.2 Å². The molecule has 9 nitrogen and oxygen atoms in total. The molecule has 0 fully saturated rings. The van der Waals surface area contributed by atoms with Gasteiger partial charge >= 0.3 is 7.60 Å². The normalized spacial score (nSPS) is 11.7. The van der Waals surface area contributed by atoms with Gasteiger partial charge in [-0.05, 0) is 12.5 Å². The molecular formula is C17H20N5O4P. The molecule has 0 radical (unpaired) electrons. The van der Waals surface area contributed by atoms with E-state index >= 15 is 0 Å². The van der Waals surface area contributed by atoms with E-state index in [-0.39, 0.29) is 12.1 Å². The van der Waals surface area contributed by atoms with Crippen LogP contribution in [0.4, 0.5) is 5.95 Å². The quantitative estimate of drug-likeness (QED) is 0.607. The van der Waals surface area contributed by atoms with Crippen LogP contribution >= 0.6 is 7.60 Å². The predicted octanol–water partition coefficient (Wildman–Crippen LogP) is 3.05. The molecule has 0 aliphatic heterocycles. The minimum Gasteiger partial charge on any atom is -0.476 e. The van der Waals surface area contributed by atoms with E-state index in [1.807, 2.05) is 31.2 Å². The van der Waals surface area contributed by atoms with E-state index < -0.39 is 7.60 Å². The van der Waals surface area contributed by atoms with Gasteiger partial charge < -0.3 is 19.5 Å². The van der Waals surface area contributed by atoms with Crippen LogP contribution in [0.1, 0.15) is 12.5 Å². The lowest BCUT2D eigenvalue weighted by atomic mass is 10.1. The molecule has 0 atom stereocenters. The maximum atomic E-state index is 12.2. The third kappa shape index (κ3) is 4.21. The number of fused-ring (bicyclic) bond motifs is 1. The van der Waals surface area contributed by atoms with Crippen molar-refractivity contribution < 1.29 is 18.3 Å². The minimum atomic E-state index is -3.11. The number of anilines is 1. The van der Waals surface area contributed by atoms with Crippen LogP contribution in [0.5, 0.6) is 5.88 Å². The van der Waals surface area contributed by atoms with Gasteiger partial charge in [-0.25, -0.2) is 9.97 Å². The van der Waals surface area contributed by atoms with E-state index in [0.717, 1.165) is 11.1 Å². The van der Waals surface area contributed by atoms with E-state index in [2.05, 4.69) is 19.9 Å². The number of ether oxygens (including phenoxy) is 1. The number of nitrogen functional groups attached to an aromatic ring is 1. The third-order valence-electron chi connectivity index (χ3n) is 3.86. The molecule has 10 heteroatoms. The van der Waals surface area contributed by atoms with Crippen molar-refractivity contribution in [2.75, 3.05) is 26.6 Å². The monoisotopic (exact) mass is 389 g/mol. The maximum Gasteiger partial charge on any atom is 0.334 e. The van der Waals surface area contributed by atoms with Crippen molar-refractivity contribution in [3.63, 3.8) is 0 Å². The van der Waals surface area contributed by atoms with Gasteiger partial charge in [0.2, 0.25) is 11.8 Å². The molecule has 3 aromatic rings. The molecule has 142 valence electrons. The Labute approximate surface area is 156 Å². The summed E-state index contributed by atoms with van der Waals surface area (Å²) < 4.78 is 27.7. The lowest BCUT2D eigenvalue weighted by Crippen LogP contribution is -2.04. The largest absolute Gasteiger partial charge is 0.476 e. The Kier molecular flexibility index (Phi) is 5.65. The fraction of sp³-hybridized carbons (Fsp3) is 0.294. The molecule has 3 rings (SSSR count). The number of rotatable bonds is 7. The van der Waals surface area contributed by atoms with Gasteiger partial charge in [0, 0.05) is 19.8 Å². The van der Waals surface area contributed by atoms with Crippen LogP contribution in [0.25, 0.3) is 22.4 Å². The highest BCUT2D eigenvalue weighted by atomic mass is 31.2. The minimum absolute atomic E-state index is 0.0815. The molecule has 0 aliphatic carbocycles. The van der Waals surface area contributed by atoms with Crippen molar-refractivity contribution in [2.24, 2.45) is 0 Å². The van der Waals surface area contributed by atoms with Gasteiger partial charge in [-0.15, -0.1) is 0 Å². The lowest BCUT2D eigenvalue weighted by molar-refractivity contribution is 0.275. The Morgan fingerprint density at radius 2 is 1.78 bits per heavy atom. The van der Waals surface area contributed by atoms with Crippen LogP contribution in [-0.4, -0.2) is 40.8 Å². The second-order valence-electron chi connectivity index (χ2n) is 5.58. The number of benzene rings is 1. The molecule has 2 heterocycles. The first-order valence-electron chi connectivity index (χ1n) is 8.21. The molecule has 2 aromatic heterocycles. The van der Waals surface area contributed by atoms with E-state index in [1.54, 1.807) is 6.20 Å². The summed E-state index contributed by atoms with van der Waals surface area (Å²) in [5, 5.41) is 0. The average molecular weight is 389 g/mol.